The number of aromatic nitrogens is 2. The Kier molecular flexibility index (Phi) is 5.22. The zero-order valence-electron chi connectivity index (χ0n) is 16.3. The standard InChI is InChI=1S/C25H21N3O/c1-2-3-11-25(29)28-17-23(22-9-4-5-10-24(22)28)20(15-26)14-18-7-6-8-19-16-27-13-12-21(18)19/h4-10,12-14,16-17H,2-3,11H2,1H3/b20-14+. The fraction of sp³-hybridized carbons (Fsp3) is 0.160. The van der Waals surface area contributed by atoms with E-state index in [1.165, 1.54) is 0 Å². The number of hydrogen-bond donors (Lipinski definition) is 0. The molecule has 0 unspecified atom stereocenters. The molecule has 2 aromatic heterocycles. The number of hydrogen-bond acceptors (Lipinski definition) is 3. The number of nitriles is 1. The number of para-hydroxylation sites is 1. The van der Waals surface area contributed by atoms with Gasteiger partial charge in [0.2, 0.25) is 5.91 Å². The average molecular weight is 379 g/mol. The van der Waals surface area contributed by atoms with E-state index in [-0.39, 0.29) is 5.91 Å². The molecule has 0 spiro atoms. The molecule has 0 fully saturated rings. The fourth-order valence-corrected chi connectivity index (χ4v) is 3.65. The highest BCUT2D eigenvalue weighted by molar-refractivity contribution is 6.06. The van der Waals surface area contributed by atoms with E-state index in [2.05, 4.69) is 18.0 Å². The van der Waals surface area contributed by atoms with Gasteiger partial charge in [-0.2, -0.15) is 5.26 Å². The van der Waals surface area contributed by atoms with Gasteiger partial charge in [0.25, 0.3) is 0 Å². The van der Waals surface area contributed by atoms with Gasteiger partial charge in [0.1, 0.15) is 0 Å². The summed E-state index contributed by atoms with van der Waals surface area (Å²) in [4.78, 5) is 16.9. The molecule has 0 aliphatic carbocycles. The largest absolute Gasteiger partial charge is 0.287 e. The second kappa shape index (κ2) is 8.12. The molecule has 0 saturated carbocycles. The molecule has 0 aliphatic heterocycles. The minimum absolute atomic E-state index is 0.0582. The molecular formula is C25H21N3O. The van der Waals surface area contributed by atoms with Gasteiger partial charge in [-0.25, -0.2) is 0 Å². The highest BCUT2D eigenvalue weighted by atomic mass is 16.2. The average Bonchev–Trinajstić information content (AvgIpc) is 3.15. The van der Waals surface area contributed by atoms with Crippen molar-refractivity contribution in [3.8, 4) is 6.07 Å². The molecule has 29 heavy (non-hydrogen) atoms. The lowest BCUT2D eigenvalue weighted by Crippen LogP contribution is -2.08. The van der Waals surface area contributed by atoms with Gasteiger partial charge in [-0.05, 0) is 35.6 Å². The van der Waals surface area contributed by atoms with Crippen LogP contribution in [0.15, 0.2) is 67.1 Å². The first-order valence-electron chi connectivity index (χ1n) is 9.81. The predicted octanol–water partition coefficient (Wildman–Crippen LogP) is 6.08. The van der Waals surface area contributed by atoms with Gasteiger partial charge in [0, 0.05) is 41.3 Å². The predicted molar refractivity (Wildman–Crippen MR) is 117 cm³/mol. The summed E-state index contributed by atoms with van der Waals surface area (Å²) < 4.78 is 1.69. The minimum atomic E-state index is 0.0582. The number of unbranched alkanes of at least 4 members (excludes halogenated alkanes) is 1. The summed E-state index contributed by atoms with van der Waals surface area (Å²) >= 11 is 0. The summed E-state index contributed by atoms with van der Waals surface area (Å²) in [6.45, 7) is 2.07. The highest BCUT2D eigenvalue weighted by Crippen LogP contribution is 2.30. The molecule has 0 radical (unpaired) electrons. The Hall–Kier alpha value is -3.71. The lowest BCUT2D eigenvalue weighted by molar-refractivity contribution is 0.0905. The van der Waals surface area contributed by atoms with Gasteiger partial charge in [0.05, 0.1) is 17.2 Å². The van der Waals surface area contributed by atoms with Crippen LogP contribution in [0.3, 0.4) is 0 Å². The molecule has 4 rings (SSSR count). The van der Waals surface area contributed by atoms with Crippen LogP contribution in [0, 0.1) is 11.3 Å². The van der Waals surface area contributed by atoms with Crippen LogP contribution < -0.4 is 0 Å². The maximum atomic E-state index is 12.7. The quantitative estimate of drug-likeness (QED) is 0.395. The summed E-state index contributed by atoms with van der Waals surface area (Å²) in [6.07, 6.45) is 9.59. The van der Waals surface area contributed by atoms with Crippen molar-refractivity contribution in [3.05, 3.63) is 78.2 Å². The van der Waals surface area contributed by atoms with Crippen molar-refractivity contribution < 1.29 is 4.79 Å². The molecule has 142 valence electrons. The lowest BCUT2D eigenvalue weighted by Gasteiger charge is -2.03. The van der Waals surface area contributed by atoms with Crippen LogP contribution in [0.5, 0.6) is 0 Å². The Morgan fingerprint density at radius 3 is 2.83 bits per heavy atom. The van der Waals surface area contributed by atoms with Crippen LogP contribution in [0.4, 0.5) is 0 Å². The lowest BCUT2D eigenvalue weighted by atomic mass is 10.00. The fourth-order valence-electron chi connectivity index (χ4n) is 3.65. The molecule has 4 heteroatoms. The summed E-state index contributed by atoms with van der Waals surface area (Å²) in [5.74, 6) is 0.0582. The molecule has 0 bridgehead atoms. The Balaban J connectivity index is 1.87. The first-order valence-corrected chi connectivity index (χ1v) is 9.81. The third kappa shape index (κ3) is 3.55. The zero-order valence-corrected chi connectivity index (χ0v) is 16.3. The Labute approximate surface area is 169 Å². The Morgan fingerprint density at radius 2 is 2.00 bits per heavy atom. The molecule has 2 heterocycles. The van der Waals surface area contributed by atoms with Crippen molar-refractivity contribution in [2.24, 2.45) is 0 Å². The van der Waals surface area contributed by atoms with Crippen LogP contribution in [-0.4, -0.2) is 15.5 Å². The van der Waals surface area contributed by atoms with Crippen LogP contribution in [0.1, 0.15) is 42.1 Å². The summed E-state index contributed by atoms with van der Waals surface area (Å²) in [5.41, 5.74) is 3.11. The molecule has 0 saturated heterocycles. The van der Waals surface area contributed by atoms with Crippen molar-refractivity contribution in [1.29, 1.82) is 5.26 Å². The third-order valence-electron chi connectivity index (χ3n) is 5.15. The van der Waals surface area contributed by atoms with Gasteiger partial charge < -0.3 is 0 Å². The van der Waals surface area contributed by atoms with E-state index < -0.39 is 0 Å². The first-order chi connectivity index (χ1) is 14.2. The second-order valence-corrected chi connectivity index (χ2v) is 7.04. The van der Waals surface area contributed by atoms with Gasteiger partial charge in [-0.3, -0.25) is 14.3 Å². The summed E-state index contributed by atoms with van der Waals surface area (Å²) in [6, 6.07) is 18.0. The molecule has 0 amide bonds. The van der Waals surface area contributed by atoms with Crippen molar-refractivity contribution >= 4 is 39.2 Å². The molecular weight excluding hydrogens is 358 g/mol. The van der Waals surface area contributed by atoms with Gasteiger partial charge in [-0.15, -0.1) is 0 Å². The van der Waals surface area contributed by atoms with E-state index in [9.17, 15) is 10.1 Å². The topological polar surface area (TPSA) is 58.7 Å². The SMILES string of the molecule is CCCCC(=O)n1cc(/C(C#N)=C/c2cccc3cnccc23)c2ccccc21. The Bertz CT molecular complexity index is 1270. The normalized spacial score (nSPS) is 11.7. The number of carbonyl (C=O) groups is 1. The van der Waals surface area contributed by atoms with Crippen molar-refractivity contribution in [2.75, 3.05) is 0 Å². The molecule has 0 N–H and O–H groups in total. The van der Waals surface area contributed by atoms with Crippen LogP contribution in [-0.2, 0) is 0 Å². The van der Waals surface area contributed by atoms with Crippen LogP contribution >= 0.6 is 0 Å². The number of benzene rings is 2. The second-order valence-electron chi connectivity index (χ2n) is 7.04. The number of allylic oxidation sites excluding steroid dienone is 1. The summed E-state index contributed by atoms with van der Waals surface area (Å²) in [7, 11) is 0. The van der Waals surface area contributed by atoms with Gasteiger partial charge in [-0.1, -0.05) is 49.7 Å². The maximum absolute atomic E-state index is 12.7. The Morgan fingerprint density at radius 1 is 1.14 bits per heavy atom. The molecule has 4 nitrogen and oxygen atoms in total. The molecule has 2 aromatic carbocycles. The first kappa shape index (κ1) is 18.6. The number of carbonyl (C=O) groups excluding carboxylic acids is 1. The molecule has 0 aliphatic rings. The molecule has 0 atom stereocenters. The van der Waals surface area contributed by atoms with E-state index in [1.807, 2.05) is 67.0 Å². The van der Waals surface area contributed by atoms with Crippen molar-refractivity contribution in [1.82, 2.24) is 9.55 Å². The number of nitrogens with zero attached hydrogens (tertiary/aromatic N) is 3. The van der Waals surface area contributed by atoms with E-state index in [4.69, 9.17) is 0 Å². The smallest absolute Gasteiger partial charge is 0.231 e. The van der Waals surface area contributed by atoms with Gasteiger partial charge >= 0.3 is 0 Å². The maximum Gasteiger partial charge on any atom is 0.231 e. The number of fused-ring (bicyclic) bond motifs is 2. The minimum Gasteiger partial charge on any atom is -0.287 e. The van der Waals surface area contributed by atoms with Gasteiger partial charge in [0.15, 0.2) is 0 Å². The van der Waals surface area contributed by atoms with Crippen LogP contribution in [0.25, 0.3) is 33.3 Å². The van der Waals surface area contributed by atoms with Crippen molar-refractivity contribution in [2.45, 2.75) is 26.2 Å². The summed E-state index contributed by atoms with van der Waals surface area (Å²) in [5, 5.41) is 12.9. The molecule has 4 aromatic rings. The van der Waals surface area contributed by atoms with E-state index in [0.717, 1.165) is 45.6 Å². The van der Waals surface area contributed by atoms with E-state index in [1.54, 1.807) is 10.8 Å². The van der Waals surface area contributed by atoms with E-state index >= 15 is 0 Å². The number of rotatable bonds is 5. The van der Waals surface area contributed by atoms with Crippen LogP contribution in [0.2, 0.25) is 0 Å². The number of pyridine rings is 1. The monoisotopic (exact) mass is 379 g/mol. The van der Waals surface area contributed by atoms with Crippen molar-refractivity contribution in [3.63, 3.8) is 0 Å². The highest BCUT2D eigenvalue weighted by Gasteiger charge is 2.16. The third-order valence-corrected chi connectivity index (χ3v) is 5.15. The zero-order chi connectivity index (χ0) is 20.2. The van der Waals surface area contributed by atoms with E-state index in [0.29, 0.717) is 12.0 Å².